The first-order chi connectivity index (χ1) is 9.47. The number of rotatable bonds is 4. The highest BCUT2D eigenvalue weighted by atomic mass is 16.1. The number of carbonyl (C=O) groups excluding carboxylic acids is 1. The Hall–Kier alpha value is -2.17. The lowest BCUT2D eigenvalue weighted by Crippen LogP contribution is -2.26. The molecule has 2 heterocycles. The Morgan fingerprint density at radius 3 is 2.80 bits per heavy atom. The number of hydrogen-bond donors (Lipinski definition) is 2. The van der Waals surface area contributed by atoms with Crippen LogP contribution in [-0.2, 0) is 11.8 Å². The van der Waals surface area contributed by atoms with Gasteiger partial charge in [-0.2, -0.15) is 5.10 Å². The summed E-state index contributed by atoms with van der Waals surface area (Å²) in [6.45, 7) is 6.79. The molecule has 0 radical (unpaired) electrons. The fourth-order valence-electron chi connectivity index (χ4n) is 1.78. The largest absolute Gasteiger partial charge is 0.350 e. The van der Waals surface area contributed by atoms with Crippen LogP contribution in [0.2, 0.25) is 0 Å². The van der Waals surface area contributed by atoms with E-state index in [1.165, 1.54) is 0 Å². The molecule has 0 aliphatic rings. The average Bonchev–Trinajstić information content (AvgIpc) is 2.89. The van der Waals surface area contributed by atoms with Crippen molar-refractivity contribution in [2.75, 3.05) is 6.54 Å². The Kier molecular flexibility index (Phi) is 4.17. The van der Waals surface area contributed by atoms with Gasteiger partial charge in [-0.3, -0.25) is 14.9 Å². The van der Waals surface area contributed by atoms with Gasteiger partial charge in [-0.1, -0.05) is 26.8 Å². The summed E-state index contributed by atoms with van der Waals surface area (Å²) in [4.78, 5) is 16.0. The lowest BCUT2D eigenvalue weighted by Gasteiger charge is -2.14. The van der Waals surface area contributed by atoms with Crippen LogP contribution >= 0.6 is 0 Å². The first-order valence-corrected chi connectivity index (χ1v) is 6.70. The van der Waals surface area contributed by atoms with Crippen molar-refractivity contribution in [2.24, 2.45) is 0 Å². The van der Waals surface area contributed by atoms with E-state index >= 15 is 0 Å². The van der Waals surface area contributed by atoms with Crippen molar-refractivity contribution in [2.45, 2.75) is 32.6 Å². The number of pyridine rings is 1. The molecule has 0 bridgehead atoms. The molecule has 2 aromatic rings. The zero-order valence-corrected chi connectivity index (χ0v) is 12.1. The molecule has 0 saturated heterocycles. The van der Waals surface area contributed by atoms with E-state index in [9.17, 15) is 4.79 Å². The fraction of sp³-hybridized carbons (Fsp3) is 0.400. The van der Waals surface area contributed by atoms with Gasteiger partial charge in [0.05, 0.1) is 0 Å². The van der Waals surface area contributed by atoms with E-state index < -0.39 is 0 Å². The lowest BCUT2D eigenvalue weighted by molar-refractivity contribution is 0.0949. The Morgan fingerprint density at radius 2 is 2.20 bits per heavy atom. The zero-order valence-electron chi connectivity index (χ0n) is 12.1. The highest BCUT2D eigenvalue weighted by molar-refractivity contribution is 5.92. The van der Waals surface area contributed by atoms with E-state index in [-0.39, 0.29) is 11.3 Å². The quantitative estimate of drug-likeness (QED) is 0.895. The summed E-state index contributed by atoms with van der Waals surface area (Å²) < 4.78 is 0. The van der Waals surface area contributed by atoms with Gasteiger partial charge < -0.3 is 5.32 Å². The van der Waals surface area contributed by atoms with Gasteiger partial charge in [0.15, 0.2) is 0 Å². The summed E-state index contributed by atoms with van der Waals surface area (Å²) in [5, 5.41) is 9.84. The minimum Gasteiger partial charge on any atom is -0.350 e. The summed E-state index contributed by atoms with van der Waals surface area (Å²) >= 11 is 0. The maximum atomic E-state index is 12.0. The van der Waals surface area contributed by atoms with Crippen molar-refractivity contribution < 1.29 is 4.79 Å². The van der Waals surface area contributed by atoms with E-state index in [0.29, 0.717) is 12.2 Å². The molecule has 0 unspecified atom stereocenters. The molecule has 2 rings (SSSR count). The van der Waals surface area contributed by atoms with Crippen LogP contribution in [0.4, 0.5) is 0 Å². The molecule has 2 aromatic heterocycles. The van der Waals surface area contributed by atoms with Gasteiger partial charge in [0, 0.05) is 30.0 Å². The lowest BCUT2D eigenvalue weighted by atomic mass is 9.92. The molecular formula is C15H20N4O. The number of aromatic nitrogens is 3. The summed E-state index contributed by atoms with van der Waals surface area (Å²) in [6.07, 6.45) is 4.30. The minimum absolute atomic E-state index is 0.0404. The van der Waals surface area contributed by atoms with Crippen LogP contribution in [0.3, 0.4) is 0 Å². The van der Waals surface area contributed by atoms with Crippen molar-refractivity contribution in [3.8, 4) is 0 Å². The summed E-state index contributed by atoms with van der Waals surface area (Å²) in [5.74, 6) is -0.152. The second kappa shape index (κ2) is 5.86. The molecule has 1 amide bonds. The van der Waals surface area contributed by atoms with Crippen LogP contribution < -0.4 is 5.32 Å². The number of nitrogens with zero attached hydrogens (tertiary/aromatic N) is 2. The van der Waals surface area contributed by atoms with Crippen LogP contribution in [0, 0.1) is 0 Å². The highest BCUT2D eigenvalue weighted by Gasteiger charge is 2.19. The van der Waals surface area contributed by atoms with E-state index in [4.69, 9.17) is 0 Å². The zero-order chi connectivity index (χ0) is 14.6. The molecule has 5 nitrogen and oxygen atoms in total. The Morgan fingerprint density at radius 1 is 1.40 bits per heavy atom. The Bertz CT molecular complexity index is 569. The van der Waals surface area contributed by atoms with E-state index in [2.05, 4.69) is 41.3 Å². The monoisotopic (exact) mass is 272 g/mol. The number of amides is 1. The van der Waals surface area contributed by atoms with Crippen LogP contribution in [0.15, 0.2) is 30.6 Å². The van der Waals surface area contributed by atoms with Gasteiger partial charge in [-0.25, -0.2) is 0 Å². The third-order valence-corrected chi connectivity index (χ3v) is 3.04. The minimum atomic E-state index is -0.152. The second-order valence-electron chi connectivity index (χ2n) is 5.78. The molecule has 0 aliphatic carbocycles. The molecule has 0 fully saturated rings. The first-order valence-electron chi connectivity index (χ1n) is 6.70. The average molecular weight is 272 g/mol. The van der Waals surface area contributed by atoms with E-state index in [1.54, 1.807) is 18.5 Å². The molecule has 5 heteroatoms. The molecule has 0 aromatic carbocycles. The van der Waals surface area contributed by atoms with Crippen molar-refractivity contribution in [1.29, 1.82) is 0 Å². The number of nitrogens with one attached hydrogen (secondary N) is 2. The third-order valence-electron chi connectivity index (χ3n) is 3.04. The normalized spacial score (nSPS) is 11.3. The Balaban J connectivity index is 1.88. The second-order valence-corrected chi connectivity index (χ2v) is 5.78. The van der Waals surface area contributed by atoms with Gasteiger partial charge in [0.2, 0.25) is 0 Å². The number of hydrogen-bond acceptors (Lipinski definition) is 3. The SMILES string of the molecule is CC(C)(C)c1cc(C(=O)NCCc2cccnc2)n[nH]1. The molecule has 0 atom stereocenters. The van der Waals surface area contributed by atoms with Crippen molar-refractivity contribution in [3.05, 3.63) is 47.5 Å². The van der Waals surface area contributed by atoms with Gasteiger partial charge in [0.25, 0.3) is 5.91 Å². The molecule has 0 saturated carbocycles. The number of carbonyl (C=O) groups is 1. The summed E-state index contributed by atoms with van der Waals surface area (Å²) in [6, 6.07) is 5.69. The summed E-state index contributed by atoms with van der Waals surface area (Å²) in [7, 11) is 0. The van der Waals surface area contributed by atoms with Crippen molar-refractivity contribution in [1.82, 2.24) is 20.5 Å². The van der Waals surface area contributed by atoms with E-state index in [1.807, 2.05) is 12.1 Å². The maximum Gasteiger partial charge on any atom is 0.271 e. The van der Waals surface area contributed by atoms with E-state index in [0.717, 1.165) is 17.7 Å². The van der Waals surface area contributed by atoms with Gasteiger partial charge >= 0.3 is 0 Å². The van der Waals surface area contributed by atoms with Crippen LogP contribution in [0.5, 0.6) is 0 Å². The third kappa shape index (κ3) is 3.66. The molecular weight excluding hydrogens is 252 g/mol. The van der Waals surface area contributed by atoms with Gasteiger partial charge in [-0.15, -0.1) is 0 Å². The number of aromatic amines is 1. The van der Waals surface area contributed by atoms with Gasteiger partial charge in [0.1, 0.15) is 5.69 Å². The van der Waals surface area contributed by atoms with Crippen molar-refractivity contribution >= 4 is 5.91 Å². The summed E-state index contributed by atoms with van der Waals surface area (Å²) in [5.41, 5.74) is 2.45. The maximum absolute atomic E-state index is 12.0. The fourth-order valence-corrected chi connectivity index (χ4v) is 1.78. The number of H-pyrrole nitrogens is 1. The Labute approximate surface area is 118 Å². The molecule has 106 valence electrons. The molecule has 20 heavy (non-hydrogen) atoms. The topological polar surface area (TPSA) is 70.7 Å². The first kappa shape index (κ1) is 14.2. The van der Waals surface area contributed by atoms with Crippen LogP contribution in [-0.4, -0.2) is 27.6 Å². The predicted octanol–water partition coefficient (Wildman–Crippen LogP) is 2.07. The highest BCUT2D eigenvalue weighted by Crippen LogP contribution is 2.20. The smallest absolute Gasteiger partial charge is 0.271 e. The van der Waals surface area contributed by atoms with Gasteiger partial charge in [-0.05, 0) is 24.1 Å². The molecule has 0 spiro atoms. The van der Waals surface area contributed by atoms with Crippen molar-refractivity contribution in [3.63, 3.8) is 0 Å². The predicted molar refractivity (Wildman–Crippen MR) is 77.6 cm³/mol. The molecule has 0 aliphatic heterocycles. The standard InChI is InChI=1S/C15H20N4O/c1-15(2,3)13-9-12(18-19-13)14(20)17-8-6-11-5-4-7-16-10-11/h4-5,7,9-10H,6,8H2,1-3H3,(H,17,20)(H,18,19). The molecule has 2 N–H and O–H groups in total. The van der Waals surface area contributed by atoms with Crippen LogP contribution in [0.1, 0.15) is 42.5 Å². The van der Waals surface area contributed by atoms with Crippen LogP contribution in [0.25, 0.3) is 0 Å².